The van der Waals surface area contributed by atoms with Gasteiger partial charge in [0.15, 0.2) is 0 Å². The molecule has 0 atom stereocenters. The van der Waals surface area contributed by atoms with Crippen LogP contribution in [0.25, 0.3) is 44.1 Å². The van der Waals surface area contributed by atoms with Crippen LogP contribution in [0.15, 0.2) is 65.1 Å². The van der Waals surface area contributed by atoms with Crippen molar-refractivity contribution in [2.45, 2.75) is 38.5 Å². The Labute approximate surface area is 180 Å². The molecular weight excluding hydrogens is 385 g/mol. The summed E-state index contributed by atoms with van der Waals surface area (Å²) in [7, 11) is 2.14. The number of furan rings is 1. The van der Waals surface area contributed by atoms with E-state index in [9.17, 15) is 4.39 Å². The molecule has 3 aromatic carbocycles. The van der Waals surface area contributed by atoms with Gasteiger partial charge in [0.2, 0.25) is 11.2 Å². The molecule has 0 saturated heterocycles. The van der Waals surface area contributed by atoms with Crippen LogP contribution >= 0.6 is 0 Å². The number of hydrogen-bond donors (Lipinski definition) is 0. The predicted molar refractivity (Wildman–Crippen MR) is 124 cm³/mol. The van der Waals surface area contributed by atoms with Gasteiger partial charge in [0.1, 0.15) is 24.0 Å². The van der Waals surface area contributed by atoms with Crippen molar-refractivity contribution in [3.05, 3.63) is 77.6 Å². The summed E-state index contributed by atoms with van der Waals surface area (Å²) in [4.78, 5) is 0. The lowest BCUT2D eigenvalue weighted by atomic mass is 9.93. The zero-order chi connectivity index (χ0) is 21.1. The van der Waals surface area contributed by atoms with Gasteiger partial charge in [-0.05, 0) is 55.0 Å². The van der Waals surface area contributed by atoms with Crippen molar-refractivity contribution >= 4 is 32.8 Å². The number of benzene rings is 3. The second-order valence-electron chi connectivity index (χ2n) is 8.92. The largest absolute Gasteiger partial charge is 0.455 e. The summed E-state index contributed by atoms with van der Waals surface area (Å²) in [5.74, 6) is 0.394. The van der Waals surface area contributed by atoms with Gasteiger partial charge in [-0.1, -0.05) is 37.1 Å². The van der Waals surface area contributed by atoms with Gasteiger partial charge in [-0.15, -0.1) is 0 Å². The summed E-state index contributed by atoms with van der Waals surface area (Å²) in [6, 6.07) is 20.2. The highest BCUT2D eigenvalue weighted by molar-refractivity contribution is 6.09. The maximum atomic E-state index is 13.8. The lowest BCUT2D eigenvalue weighted by molar-refractivity contribution is -0.633. The molecule has 0 unspecified atom stereocenters. The Kier molecular flexibility index (Phi) is 4.14. The Hall–Kier alpha value is -3.20. The van der Waals surface area contributed by atoms with Gasteiger partial charge in [0.05, 0.1) is 5.56 Å². The Balaban J connectivity index is 1.62. The lowest BCUT2D eigenvalue weighted by Gasteiger charge is -2.13. The Morgan fingerprint density at radius 2 is 1.68 bits per heavy atom. The first-order chi connectivity index (χ1) is 15.1. The highest BCUT2D eigenvalue weighted by atomic mass is 19.1. The molecule has 0 aliphatic heterocycles. The van der Waals surface area contributed by atoms with Crippen LogP contribution in [0, 0.1) is 12.7 Å². The number of rotatable bonds is 2. The smallest absolute Gasteiger partial charge is 0.216 e. The number of aryl methyl sites for hydroxylation is 2. The molecule has 154 valence electrons. The molecule has 6 rings (SSSR count). The summed E-state index contributed by atoms with van der Waals surface area (Å²) in [6.45, 7) is 2.11. The first-order valence-electron chi connectivity index (χ1n) is 11.2. The van der Waals surface area contributed by atoms with Gasteiger partial charge in [-0.2, -0.15) is 4.57 Å². The van der Waals surface area contributed by atoms with E-state index in [0.717, 1.165) is 33.2 Å². The van der Waals surface area contributed by atoms with Gasteiger partial charge in [0, 0.05) is 34.4 Å². The molecule has 1 fully saturated rings. The first-order valence-corrected chi connectivity index (χ1v) is 11.2. The third-order valence-electron chi connectivity index (χ3n) is 7.11. The second-order valence-corrected chi connectivity index (χ2v) is 8.92. The van der Waals surface area contributed by atoms with Crippen molar-refractivity contribution < 1.29 is 13.4 Å². The third kappa shape index (κ3) is 2.79. The van der Waals surface area contributed by atoms with E-state index < -0.39 is 0 Å². The molecule has 5 aromatic rings. The van der Waals surface area contributed by atoms with Crippen molar-refractivity contribution in [3.8, 4) is 11.3 Å². The van der Waals surface area contributed by atoms with Crippen molar-refractivity contribution in [2.75, 3.05) is 0 Å². The highest BCUT2D eigenvalue weighted by Crippen LogP contribution is 2.39. The SMILES string of the molecule is Cc1ccc2c(oc3cc(F)ccc32)c1-c1ccc2c(C3CCCC3)cccc2[n+]1C. The fourth-order valence-corrected chi connectivity index (χ4v) is 5.52. The van der Waals surface area contributed by atoms with Crippen LogP contribution in [0.3, 0.4) is 0 Å². The van der Waals surface area contributed by atoms with Gasteiger partial charge < -0.3 is 4.42 Å². The predicted octanol–water partition coefficient (Wildman–Crippen LogP) is 7.34. The van der Waals surface area contributed by atoms with Crippen LogP contribution in [-0.2, 0) is 7.05 Å². The quantitative estimate of drug-likeness (QED) is 0.278. The fraction of sp³-hybridized carbons (Fsp3) is 0.250. The van der Waals surface area contributed by atoms with E-state index in [1.165, 1.54) is 54.3 Å². The molecule has 0 N–H and O–H groups in total. The van der Waals surface area contributed by atoms with E-state index in [1.54, 1.807) is 0 Å². The average Bonchev–Trinajstić information content (AvgIpc) is 3.42. The molecular formula is C28H25FNO+. The standard InChI is InChI=1S/C28H25FNO/c1-17-10-12-23-22-13-11-19(29)16-26(22)31-28(23)27(17)25-15-14-21-20(18-6-3-4-7-18)8-5-9-24(21)30(25)2/h5,8-16,18H,3-4,6-7H2,1-2H3/q+1. The molecule has 0 spiro atoms. The van der Waals surface area contributed by atoms with Crippen LogP contribution < -0.4 is 4.57 Å². The molecule has 3 heteroatoms. The van der Waals surface area contributed by atoms with Gasteiger partial charge in [-0.25, -0.2) is 4.39 Å². The molecule has 31 heavy (non-hydrogen) atoms. The zero-order valence-electron chi connectivity index (χ0n) is 17.9. The Morgan fingerprint density at radius 3 is 2.52 bits per heavy atom. The Morgan fingerprint density at radius 1 is 0.903 bits per heavy atom. The summed E-state index contributed by atoms with van der Waals surface area (Å²) < 4.78 is 22.3. The summed E-state index contributed by atoms with van der Waals surface area (Å²) >= 11 is 0. The molecule has 2 heterocycles. The van der Waals surface area contributed by atoms with Crippen molar-refractivity contribution in [3.63, 3.8) is 0 Å². The van der Waals surface area contributed by atoms with E-state index in [0.29, 0.717) is 11.5 Å². The van der Waals surface area contributed by atoms with E-state index in [1.807, 2.05) is 6.07 Å². The lowest BCUT2D eigenvalue weighted by Crippen LogP contribution is -2.32. The molecule has 1 aliphatic rings. The van der Waals surface area contributed by atoms with Crippen LogP contribution in [0.5, 0.6) is 0 Å². The number of pyridine rings is 1. The van der Waals surface area contributed by atoms with E-state index in [-0.39, 0.29) is 5.82 Å². The van der Waals surface area contributed by atoms with E-state index >= 15 is 0 Å². The number of fused-ring (bicyclic) bond motifs is 4. The normalized spacial score (nSPS) is 14.9. The number of halogens is 1. The van der Waals surface area contributed by atoms with Gasteiger partial charge >= 0.3 is 0 Å². The molecule has 0 amide bonds. The molecule has 1 aliphatic carbocycles. The Bertz CT molecular complexity index is 1470. The topological polar surface area (TPSA) is 17.0 Å². The molecule has 1 saturated carbocycles. The van der Waals surface area contributed by atoms with Crippen molar-refractivity contribution in [2.24, 2.45) is 7.05 Å². The minimum absolute atomic E-state index is 0.277. The number of aromatic nitrogens is 1. The second kappa shape index (κ2) is 6.91. The summed E-state index contributed by atoms with van der Waals surface area (Å²) in [5, 5.41) is 3.32. The highest BCUT2D eigenvalue weighted by Gasteiger charge is 2.25. The minimum atomic E-state index is -0.277. The van der Waals surface area contributed by atoms with E-state index in [2.05, 4.69) is 61.0 Å². The van der Waals surface area contributed by atoms with Crippen molar-refractivity contribution in [1.29, 1.82) is 0 Å². The van der Waals surface area contributed by atoms with Crippen LogP contribution in [0.4, 0.5) is 4.39 Å². The molecule has 2 aromatic heterocycles. The van der Waals surface area contributed by atoms with Crippen LogP contribution in [-0.4, -0.2) is 0 Å². The van der Waals surface area contributed by atoms with Gasteiger partial charge in [0.25, 0.3) is 0 Å². The molecule has 2 nitrogen and oxygen atoms in total. The van der Waals surface area contributed by atoms with E-state index in [4.69, 9.17) is 4.42 Å². The first kappa shape index (κ1) is 18.6. The molecule has 0 bridgehead atoms. The zero-order valence-corrected chi connectivity index (χ0v) is 17.9. The number of hydrogen-bond acceptors (Lipinski definition) is 1. The third-order valence-corrected chi connectivity index (χ3v) is 7.11. The summed E-state index contributed by atoms with van der Waals surface area (Å²) in [6.07, 6.45) is 5.25. The number of nitrogens with zero attached hydrogens (tertiary/aromatic N) is 1. The molecule has 0 radical (unpaired) electrons. The van der Waals surface area contributed by atoms with Crippen LogP contribution in [0.1, 0.15) is 42.7 Å². The fourth-order valence-electron chi connectivity index (χ4n) is 5.52. The van der Waals surface area contributed by atoms with Crippen molar-refractivity contribution in [1.82, 2.24) is 0 Å². The average molecular weight is 411 g/mol. The maximum Gasteiger partial charge on any atom is 0.216 e. The summed E-state index contributed by atoms with van der Waals surface area (Å²) in [5.41, 5.74) is 7.46. The monoisotopic (exact) mass is 410 g/mol. The van der Waals surface area contributed by atoms with Gasteiger partial charge in [-0.3, -0.25) is 0 Å². The maximum absolute atomic E-state index is 13.8. The minimum Gasteiger partial charge on any atom is -0.455 e. The van der Waals surface area contributed by atoms with Crippen LogP contribution in [0.2, 0.25) is 0 Å².